The van der Waals surface area contributed by atoms with E-state index in [-0.39, 0.29) is 30.2 Å². The molecular formula is C16H19N3O3. The molecule has 0 spiro atoms. The molecule has 0 bridgehead atoms. The summed E-state index contributed by atoms with van der Waals surface area (Å²) in [4.78, 5) is 26.6. The van der Waals surface area contributed by atoms with E-state index in [1.54, 1.807) is 17.2 Å². The van der Waals surface area contributed by atoms with E-state index in [4.69, 9.17) is 4.74 Å². The first-order valence-corrected chi connectivity index (χ1v) is 7.42. The van der Waals surface area contributed by atoms with Crippen molar-refractivity contribution in [2.75, 3.05) is 13.2 Å². The van der Waals surface area contributed by atoms with Crippen molar-refractivity contribution in [2.45, 2.75) is 32.5 Å². The van der Waals surface area contributed by atoms with Crippen molar-refractivity contribution in [3.63, 3.8) is 0 Å². The summed E-state index contributed by atoms with van der Waals surface area (Å²) in [7, 11) is 0. The van der Waals surface area contributed by atoms with Crippen LogP contribution in [0.15, 0.2) is 35.3 Å². The first-order chi connectivity index (χ1) is 10.6. The van der Waals surface area contributed by atoms with Gasteiger partial charge in [-0.2, -0.15) is 5.10 Å². The van der Waals surface area contributed by atoms with Crippen molar-refractivity contribution in [2.24, 2.45) is 0 Å². The van der Waals surface area contributed by atoms with E-state index in [1.807, 2.05) is 32.0 Å². The van der Waals surface area contributed by atoms with Gasteiger partial charge in [0.2, 0.25) is 5.91 Å². The van der Waals surface area contributed by atoms with Gasteiger partial charge in [0, 0.05) is 11.9 Å². The highest BCUT2D eigenvalue weighted by Gasteiger charge is 2.27. The molecular weight excluding hydrogens is 282 g/mol. The van der Waals surface area contributed by atoms with E-state index in [0.29, 0.717) is 18.5 Å². The number of fused-ring (bicyclic) bond motifs is 1. The van der Waals surface area contributed by atoms with E-state index < -0.39 is 0 Å². The number of benzene rings is 1. The summed E-state index contributed by atoms with van der Waals surface area (Å²) in [6, 6.07) is 7.26. The Balaban J connectivity index is 1.85. The van der Waals surface area contributed by atoms with Gasteiger partial charge in [-0.3, -0.25) is 9.59 Å². The number of carbonyl (C=O) groups excluding carboxylic acids is 1. The van der Waals surface area contributed by atoms with Gasteiger partial charge < -0.3 is 9.64 Å². The van der Waals surface area contributed by atoms with E-state index >= 15 is 0 Å². The molecule has 0 saturated carbocycles. The highest BCUT2D eigenvalue weighted by Crippen LogP contribution is 2.12. The van der Waals surface area contributed by atoms with Crippen LogP contribution in [0.4, 0.5) is 0 Å². The molecule has 0 aliphatic carbocycles. The van der Waals surface area contributed by atoms with Crippen LogP contribution in [-0.2, 0) is 16.1 Å². The first kappa shape index (κ1) is 14.7. The molecule has 6 heteroatoms. The number of amides is 1. The Morgan fingerprint density at radius 1 is 1.36 bits per heavy atom. The van der Waals surface area contributed by atoms with Gasteiger partial charge in [-0.05, 0) is 19.9 Å². The fraction of sp³-hybridized carbons (Fsp3) is 0.438. The van der Waals surface area contributed by atoms with E-state index in [2.05, 4.69) is 5.10 Å². The van der Waals surface area contributed by atoms with E-state index in [0.717, 1.165) is 5.39 Å². The maximum Gasteiger partial charge on any atom is 0.275 e. The van der Waals surface area contributed by atoms with Crippen LogP contribution in [0.25, 0.3) is 10.8 Å². The summed E-state index contributed by atoms with van der Waals surface area (Å²) in [5, 5.41) is 5.47. The fourth-order valence-corrected chi connectivity index (χ4v) is 2.71. The topological polar surface area (TPSA) is 64.4 Å². The molecule has 2 unspecified atom stereocenters. The normalized spacial score (nSPS) is 22.0. The molecule has 1 aromatic carbocycles. The number of hydrogen-bond donors (Lipinski definition) is 0. The molecule has 1 fully saturated rings. The molecule has 1 aromatic heterocycles. The molecule has 2 heterocycles. The van der Waals surface area contributed by atoms with Crippen LogP contribution >= 0.6 is 0 Å². The monoisotopic (exact) mass is 301 g/mol. The van der Waals surface area contributed by atoms with Gasteiger partial charge in [0.1, 0.15) is 6.54 Å². The zero-order chi connectivity index (χ0) is 15.7. The van der Waals surface area contributed by atoms with Crippen LogP contribution in [0.2, 0.25) is 0 Å². The highest BCUT2D eigenvalue weighted by molar-refractivity contribution is 5.81. The van der Waals surface area contributed by atoms with Crippen molar-refractivity contribution in [1.82, 2.24) is 14.7 Å². The molecule has 1 aliphatic rings. The van der Waals surface area contributed by atoms with Crippen LogP contribution in [0.3, 0.4) is 0 Å². The number of morpholine rings is 1. The molecule has 1 amide bonds. The Hall–Kier alpha value is -2.21. The number of hydrogen-bond acceptors (Lipinski definition) is 4. The third kappa shape index (κ3) is 2.74. The van der Waals surface area contributed by atoms with Gasteiger partial charge in [-0.1, -0.05) is 18.2 Å². The van der Waals surface area contributed by atoms with Gasteiger partial charge in [-0.25, -0.2) is 4.68 Å². The molecule has 22 heavy (non-hydrogen) atoms. The number of nitrogens with zero attached hydrogens (tertiary/aromatic N) is 3. The Bertz CT molecular complexity index is 756. The summed E-state index contributed by atoms with van der Waals surface area (Å²) < 4.78 is 6.76. The quantitative estimate of drug-likeness (QED) is 0.831. The van der Waals surface area contributed by atoms with E-state index in [9.17, 15) is 9.59 Å². The molecule has 1 aliphatic heterocycles. The highest BCUT2D eigenvalue weighted by atomic mass is 16.5. The maximum absolute atomic E-state index is 12.5. The van der Waals surface area contributed by atoms with Crippen molar-refractivity contribution in [3.05, 3.63) is 40.8 Å². The lowest BCUT2D eigenvalue weighted by molar-refractivity contribution is -0.144. The molecule has 6 nitrogen and oxygen atoms in total. The lowest BCUT2D eigenvalue weighted by Gasteiger charge is -2.36. The van der Waals surface area contributed by atoms with E-state index in [1.165, 1.54) is 4.68 Å². The molecule has 1 saturated heterocycles. The smallest absolute Gasteiger partial charge is 0.275 e. The zero-order valence-corrected chi connectivity index (χ0v) is 12.7. The van der Waals surface area contributed by atoms with Gasteiger partial charge in [0.15, 0.2) is 0 Å². The summed E-state index contributed by atoms with van der Waals surface area (Å²) in [5.74, 6) is -0.104. The largest absolute Gasteiger partial charge is 0.375 e. The minimum Gasteiger partial charge on any atom is -0.375 e. The first-order valence-electron chi connectivity index (χ1n) is 7.42. The zero-order valence-electron chi connectivity index (χ0n) is 12.7. The van der Waals surface area contributed by atoms with Gasteiger partial charge in [-0.15, -0.1) is 0 Å². The summed E-state index contributed by atoms with van der Waals surface area (Å²) in [6.45, 7) is 4.91. The average Bonchev–Trinajstić information content (AvgIpc) is 2.52. The SMILES string of the molecule is CC1CN(C(=O)Cn2ncc3ccccc3c2=O)C(C)CO1. The number of ether oxygens (including phenoxy) is 1. The second-order valence-electron chi connectivity index (χ2n) is 5.73. The summed E-state index contributed by atoms with van der Waals surface area (Å²) >= 11 is 0. The minimum absolute atomic E-state index is 0.0138. The average molecular weight is 301 g/mol. The minimum atomic E-state index is -0.236. The third-order valence-electron chi connectivity index (χ3n) is 3.98. The predicted molar refractivity (Wildman–Crippen MR) is 82.6 cm³/mol. The maximum atomic E-state index is 12.5. The van der Waals surface area contributed by atoms with Gasteiger partial charge in [0.25, 0.3) is 5.56 Å². The second kappa shape index (κ2) is 5.88. The van der Waals surface area contributed by atoms with Crippen molar-refractivity contribution < 1.29 is 9.53 Å². The van der Waals surface area contributed by atoms with Crippen molar-refractivity contribution in [1.29, 1.82) is 0 Å². The molecule has 116 valence electrons. The van der Waals surface area contributed by atoms with Crippen LogP contribution in [-0.4, -0.2) is 45.9 Å². The molecule has 2 aromatic rings. The number of aromatic nitrogens is 2. The predicted octanol–water partition coefficient (Wildman–Crippen LogP) is 1.03. The summed E-state index contributed by atoms with van der Waals surface area (Å²) in [6.07, 6.45) is 1.64. The Morgan fingerprint density at radius 2 is 2.14 bits per heavy atom. The van der Waals surface area contributed by atoms with Crippen LogP contribution in [0.1, 0.15) is 13.8 Å². The number of carbonyl (C=O) groups is 1. The third-order valence-corrected chi connectivity index (χ3v) is 3.98. The van der Waals surface area contributed by atoms with Crippen LogP contribution in [0, 0.1) is 0 Å². The summed E-state index contributed by atoms with van der Waals surface area (Å²) in [5.41, 5.74) is -0.236. The Morgan fingerprint density at radius 3 is 2.95 bits per heavy atom. The Kier molecular flexibility index (Phi) is 3.94. The van der Waals surface area contributed by atoms with Crippen LogP contribution < -0.4 is 5.56 Å². The fourth-order valence-electron chi connectivity index (χ4n) is 2.71. The molecule has 2 atom stereocenters. The standard InChI is InChI=1S/C16H19N3O3/c1-11-10-22-12(2)8-18(11)15(20)9-19-16(21)14-6-4-3-5-13(14)7-17-19/h3-7,11-12H,8-10H2,1-2H3. The molecule has 3 rings (SSSR count). The number of rotatable bonds is 2. The van der Waals surface area contributed by atoms with Gasteiger partial charge in [0.05, 0.1) is 30.3 Å². The van der Waals surface area contributed by atoms with Crippen molar-refractivity contribution in [3.8, 4) is 0 Å². The molecule has 0 N–H and O–H groups in total. The lowest BCUT2D eigenvalue weighted by atomic mass is 10.2. The Labute approximate surface area is 128 Å². The van der Waals surface area contributed by atoms with Crippen molar-refractivity contribution >= 4 is 16.7 Å². The van der Waals surface area contributed by atoms with Crippen LogP contribution in [0.5, 0.6) is 0 Å². The lowest BCUT2D eigenvalue weighted by Crippen LogP contribution is -2.51. The molecule has 0 radical (unpaired) electrons. The second-order valence-corrected chi connectivity index (χ2v) is 5.73. The van der Waals surface area contributed by atoms with Gasteiger partial charge >= 0.3 is 0 Å².